The van der Waals surface area contributed by atoms with E-state index in [1.165, 1.54) is 4.90 Å². The monoisotopic (exact) mass is 232 g/mol. The molecule has 1 aromatic rings. The molecule has 0 saturated heterocycles. The maximum Gasteiger partial charge on any atom is 0.228 e. The predicted molar refractivity (Wildman–Crippen MR) is 64.3 cm³/mol. The van der Waals surface area contributed by atoms with E-state index >= 15 is 0 Å². The number of amides is 1. The molecule has 0 bridgehead atoms. The second kappa shape index (κ2) is 5.90. The first-order chi connectivity index (χ1) is 8.04. The van der Waals surface area contributed by atoms with Gasteiger partial charge in [0.05, 0.1) is 12.5 Å². The Bertz CT molecular complexity index is 435. The summed E-state index contributed by atoms with van der Waals surface area (Å²) in [5.74, 6) is 0.0406. The molecular formula is C13H16N2O2. The zero-order chi connectivity index (χ0) is 12.8. The maximum absolute atomic E-state index is 11.9. The van der Waals surface area contributed by atoms with E-state index in [0.29, 0.717) is 0 Å². The molecule has 0 heterocycles. The normalized spacial score (nSPS) is 10.0. The summed E-state index contributed by atoms with van der Waals surface area (Å²) >= 11 is 0. The van der Waals surface area contributed by atoms with Crippen LogP contribution in [0.5, 0.6) is 5.75 Å². The number of nitriles is 1. The lowest BCUT2D eigenvalue weighted by Crippen LogP contribution is -2.38. The average Bonchev–Trinajstić information content (AvgIpc) is 2.25. The third-order valence-corrected chi connectivity index (χ3v) is 2.45. The zero-order valence-corrected chi connectivity index (χ0v) is 10.1. The largest absolute Gasteiger partial charge is 0.508 e. The van der Waals surface area contributed by atoms with E-state index in [4.69, 9.17) is 5.26 Å². The Balaban J connectivity index is 2.74. The number of phenols is 1. The van der Waals surface area contributed by atoms with Crippen LogP contribution >= 0.6 is 0 Å². The molecule has 0 aliphatic heterocycles. The fourth-order valence-corrected chi connectivity index (χ4v) is 1.58. The standard InChI is InChI=1S/C13H16N2O2/c1-10(2)15(7-6-14)13(17)9-11-4-3-5-12(16)8-11/h3-5,8,10,16H,7,9H2,1-2H3. The van der Waals surface area contributed by atoms with Crippen LogP contribution in [0.2, 0.25) is 0 Å². The highest BCUT2D eigenvalue weighted by Gasteiger charge is 2.16. The van der Waals surface area contributed by atoms with Crippen LogP contribution in [0.1, 0.15) is 19.4 Å². The second-order valence-electron chi connectivity index (χ2n) is 4.12. The molecule has 1 amide bonds. The first-order valence-corrected chi connectivity index (χ1v) is 5.49. The van der Waals surface area contributed by atoms with Crippen molar-refractivity contribution in [2.24, 2.45) is 0 Å². The molecule has 4 nitrogen and oxygen atoms in total. The van der Waals surface area contributed by atoms with Crippen LogP contribution in [0.3, 0.4) is 0 Å². The summed E-state index contributed by atoms with van der Waals surface area (Å²) < 4.78 is 0. The van der Waals surface area contributed by atoms with Gasteiger partial charge in [0.2, 0.25) is 5.91 Å². The summed E-state index contributed by atoms with van der Waals surface area (Å²) in [7, 11) is 0. The second-order valence-corrected chi connectivity index (χ2v) is 4.12. The molecule has 1 rings (SSSR count). The number of carbonyl (C=O) groups excluding carboxylic acids is 1. The highest BCUT2D eigenvalue weighted by atomic mass is 16.3. The minimum Gasteiger partial charge on any atom is -0.508 e. The lowest BCUT2D eigenvalue weighted by atomic mass is 10.1. The van der Waals surface area contributed by atoms with Crippen molar-refractivity contribution in [2.75, 3.05) is 6.54 Å². The molecule has 0 saturated carbocycles. The van der Waals surface area contributed by atoms with Crippen molar-refractivity contribution >= 4 is 5.91 Å². The maximum atomic E-state index is 11.9. The van der Waals surface area contributed by atoms with E-state index in [2.05, 4.69) is 0 Å². The Labute approximate surface area is 101 Å². The molecule has 17 heavy (non-hydrogen) atoms. The van der Waals surface area contributed by atoms with Gasteiger partial charge in [0.1, 0.15) is 12.3 Å². The van der Waals surface area contributed by atoms with Crippen molar-refractivity contribution in [1.82, 2.24) is 4.90 Å². The molecule has 0 aliphatic rings. The summed E-state index contributed by atoms with van der Waals surface area (Å²) in [6.45, 7) is 3.84. The van der Waals surface area contributed by atoms with Gasteiger partial charge in [-0.05, 0) is 31.5 Å². The lowest BCUT2D eigenvalue weighted by Gasteiger charge is -2.23. The SMILES string of the molecule is CC(C)N(CC#N)C(=O)Cc1cccc(O)c1. The van der Waals surface area contributed by atoms with E-state index < -0.39 is 0 Å². The van der Waals surface area contributed by atoms with Crippen LogP contribution in [-0.2, 0) is 11.2 Å². The first-order valence-electron chi connectivity index (χ1n) is 5.49. The van der Waals surface area contributed by atoms with Gasteiger partial charge in [0, 0.05) is 6.04 Å². The topological polar surface area (TPSA) is 64.3 Å². The summed E-state index contributed by atoms with van der Waals surface area (Å²) in [5.41, 5.74) is 0.749. The number of nitrogens with zero attached hydrogens (tertiary/aromatic N) is 2. The molecule has 1 N–H and O–H groups in total. The summed E-state index contributed by atoms with van der Waals surface area (Å²) in [5, 5.41) is 18.0. The summed E-state index contributed by atoms with van der Waals surface area (Å²) in [4.78, 5) is 13.5. The molecule has 1 aromatic carbocycles. The van der Waals surface area contributed by atoms with Crippen LogP contribution in [-0.4, -0.2) is 28.5 Å². The number of hydrogen-bond acceptors (Lipinski definition) is 3. The van der Waals surface area contributed by atoms with E-state index in [0.717, 1.165) is 5.56 Å². The van der Waals surface area contributed by atoms with Crippen LogP contribution in [0, 0.1) is 11.3 Å². The Morgan fingerprint density at radius 2 is 2.24 bits per heavy atom. The van der Waals surface area contributed by atoms with Crippen LogP contribution < -0.4 is 0 Å². The van der Waals surface area contributed by atoms with Crippen molar-refractivity contribution in [1.29, 1.82) is 5.26 Å². The number of phenolic OH excluding ortho intramolecular Hbond substituents is 1. The molecule has 0 aliphatic carbocycles. The third-order valence-electron chi connectivity index (χ3n) is 2.45. The minimum atomic E-state index is -0.104. The van der Waals surface area contributed by atoms with Gasteiger partial charge in [-0.1, -0.05) is 12.1 Å². The first kappa shape index (κ1) is 13.0. The highest BCUT2D eigenvalue weighted by Crippen LogP contribution is 2.12. The average molecular weight is 232 g/mol. The zero-order valence-electron chi connectivity index (χ0n) is 10.1. The summed E-state index contributed by atoms with van der Waals surface area (Å²) in [6.07, 6.45) is 0.203. The third kappa shape index (κ3) is 3.80. The van der Waals surface area contributed by atoms with E-state index in [9.17, 15) is 9.90 Å². The minimum absolute atomic E-state index is 0.000501. The van der Waals surface area contributed by atoms with Gasteiger partial charge in [-0.2, -0.15) is 5.26 Å². The molecule has 0 unspecified atom stereocenters. The highest BCUT2D eigenvalue weighted by molar-refractivity contribution is 5.79. The van der Waals surface area contributed by atoms with E-state index in [1.807, 2.05) is 19.9 Å². The molecule has 0 atom stereocenters. The smallest absolute Gasteiger partial charge is 0.228 e. The van der Waals surface area contributed by atoms with E-state index in [-0.39, 0.29) is 30.7 Å². The van der Waals surface area contributed by atoms with Crippen molar-refractivity contribution in [3.8, 4) is 11.8 Å². The molecule has 0 aromatic heterocycles. The Kier molecular flexibility index (Phi) is 4.53. The number of benzene rings is 1. The Hall–Kier alpha value is -2.02. The lowest BCUT2D eigenvalue weighted by molar-refractivity contribution is -0.131. The van der Waals surface area contributed by atoms with Gasteiger partial charge < -0.3 is 10.0 Å². The van der Waals surface area contributed by atoms with Gasteiger partial charge in [-0.15, -0.1) is 0 Å². The van der Waals surface area contributed by atoms with Crippen molar-refractivity contribution in [2.45, 2.75) is 26.3 Å². The molecule has 0 spiro atoms. The predicted octanol–water partition coefficient (Wildman–Crippen LogP) is 1.70. The molecule has 90 valence electrons. The van der Waals surface area contributed by atoms with Crippen LogP contribution in [0.15, 0.2) is 24.3 Å². The quantitative estimate of drug-likeness (QED) is 0.803. The fourth-order valence-electron chi connectivity index (χ4n) is 1.58. The molecule has 0 radical (unpaired) electrons. The summed E-state index contributed by atoms with van der Waals surface area (Å²) in [6, 6.07) is 8.58. The van der Waals surface area contributed by atoms with Crippen LogP contribution in [0.25, 0.3) is 0 Å². The Morgan fingerprint density at radius 1 is 1.53 bits per heavy atom. The van der Waals surface area contributed by atoms with Crippen molar-refractivity contribution in [3.05, 3.63) is 29.8 Å². The van der Waals surface area contributed by atoms with Gasteiger partial charge in [0.15, 0.2) is 0 Å². The molecule has 4 heteroatoms. The van der Waals surface area contributed by atoms with Gasteiger partial charge in [0.25, 0.3) is 0 Å². The number of carbonyl (C=O) groups is 1. The fraction of sp³-hybridized carbons (Fsp3) is 0.385. The number of hydrogen-bond donors (Lipinski definition) is 1. The Morgan fingerprint density at radius 3 is 2.76 bits per heavy atom. The number of rotatable bonds is 4. The van der Waals surface area contributed by atoms with Crippen LogP contribution in [0.4, 0.5) is 0 Å². The van der Waals surface area contributed by atoms with Crippen molar-refractivity contribution in [3.63, 3.8) is 0 Å². The molecular weight excluding hydrogens is 216 g/mol. The van der Waals surface area contributed by atoms with Crippen molar-refractivity contribution < 1.29 is 9.90 Å². The van der Waals surface area contributed by atoms with Gasteiger partial charge in [-0.3, -0.25) is 4.79 Å². The van der Waals surface area contributed by atoms with Gasteiger partial charge >= 0.3 is 0 Å². The number of aromatic hydroxyl groups is 1. The molecule has 0 fully saturated rings. The van der Waals surface area contributed by atoms with Gasteiger partial charge in [-0.25, -0.2) is 0 Å². The van der Waals surface area contributed by atoms with E-state index in [1.54, 1.807) is 24.3 Å².